The first-order valence-corrected chi connectivity index (χ1v) is 10.1. The van der Waals surface area contributed by atoms with Crippen molar-refractivity contribution in [3.8, 4) is 0 Å². The molecule has 2 unspecified atom stereocenters. The summed E-state index contributed by atoms with van der Waals surface area (Å²) in [5, 5.41) is 0. The summed E-state index contributed by atoms with van der Waals surface area (Å²) in [6, 6.07) is 0. The monoisotopic (exact) mass is 312 g/mol. The van der Waals surface area contributed by atoms with Crippen LogP contribution in [0.2, 0.25) is 19.6 Å². The van der Waals surface area contributed by atoms with Crippen molar-refractivity contribution in [1.82, 2.24) is 0 Å². The molecule has 0 aliphatic rings. The zero-order valence-corrected chi connectivity index (χ0v) is 19.4. The molecule has 16 heavy (non-hydrogen) atoms. The molecule has 7 nitrogen and oxygen atoms in total. The smallest absolute Gasteiger partial charge is 0.818 e. The summed E-state index contributed by atoms with van der Waals surface area (Å²) in [5.41, 5.74) is 0. The van der Waals surface area contributed by atoms with E-state index in [0.29, 0.717) is 0 Å². The summed E-state index contributed by atoms with van der Waals surface area (Å²) in [6.45, 7) is 2.55. The molecule has 0 bridgehead atoms. The number of rotatable bonds is 4. The van der Waals surface area contributed by atoms with Crippen molar-refractivity contribution in [2.75, 3.05) is 0 Å². The van der Waals surface area contributed by atoms with E-state index in [9.17, 15) is 14.4 Å². The molecule has 0 fully saturated rings. The summed E-state index contributed by atoms with van der Waals surface area (Å²) >= 11 is 0. The molecule has 0 aliphatic heterocycles. The van der Waals surface area contributed by atoms with Crippen molar-refractivity contribution < 1.29 is 121 Å². The maximum absolute atomic E-state index is 11.2. The molecule has 0 radical (unpaired) electrons. The van der Waals surface area contributed by atoms with Gasteiger partial charge in [0.25, 0.3) is 0 Å². The average Bonchev–Trinajstić information content (AvgIpc) is 1.43. The van der Waals surface area contributed by atoms with Crippen LogP contribution < -0.4 is 103 Å². The van der Waals surface area contributed by atoms with E-state index in [4.69, 9.17) is 9.59 Å². The Morgan fingerprint density at radius 3 is 1.06 bits per heavy atom. The topological polar surface area (TPSA) is 128 Å². The van der Waals surface area contributed by atoms with E-state index < -0.39 is 26.4 Å². The van der Waals surface area contributed by atoms with Gasteiger partial charge in [0.15, 0.2) is 0 Å². The van der Waals surface area contributed by atoms with Crippen LogP contribution in [0.15, 0.2) is 0 Å². The zero-order chi connectivity index (χ0) is 10.9. The molecular formula is C3H11Na3O7Si3. The summed E-state index contributed by atoms with van der Waals surface area (Å²) in [7, 11) is -12.7. The van der Waals surface area contributed by atoms with Gasteiger partial charge in [-0.2, -0.15) is 0 Å². The van der Waals surface area contributed by atoms with Crippen molar-refractivity contribution in [2.24, 2.45) is 0 Å². The van der Waals surface area contributed by atoms with Gasteiger partial charge in [0.2, 0.25) is 26.4 Å². The first-order valence-electron chi connectivity index (χ1n) is 3.38. The molecule has 0 saturated carbocycles. The molecule has 80 valence electrons. The summed E-state index contributed by atoms with van der Waals surface area (Å²) < 4.78 is 8.35. The van der Waals surface area contributed by atoms with Crippen LogP contribution >= 0.6 is 0 Å². The predicted molar refractivity (Wildman–Crippen MR) is 41.5 cm³/mol. The molecule has 0 aromatic rings. The van der Waals surface area contributed by atoms with Crippen LogP contribution in [0.25, 0.3) is 0 Å². The first kappa shape index (κ1) is 27.7. The fraction of sp³-hybridized carbons (Fsp3) is 1.00. The normalized spacial score (nSPS) is 21.0. The quantitative estimate of drug-likeness (QED) is 0.493. The van der Waals surface area contributed by atoms with E-state index in [-0.39, 0.29) is 88.7 Å². The van der Waals surface area contributed by atoms with E-state index in [1.807, 2.05) is 0 Å². The van der Waals surface area contributed by atoms with Crippen molar-refractivity contribution >= 4 is 26.4 Å². The van der Waals surface area contributed by atoms with Gasteiger partial charge in [-0.25, -0.2) is 0 Å². The van der Waals surface area contributed by atoms with E-state index in [2.05, 4.69) is 8.23 Å². The van der Waals surface area contributed by atoms with Gasteiger partial charge >= 0.3 is 88.7 Å². The van der Waals surface area contributed by atoms with Gasteiger partial charge < -0.3 is 32.2 Å². The Kier molecular flexibility index (Phi) is 17.6. The third-order valence-electron chi connectivity index (χ3n) is 0.750. The van der Waals surface area contributed by atoms with E-state index in [1.54, 1.807) is 0 Å². The van der Waals surface area contributed by atoms with Gasteiger partial charge in [0.1, 0.15) is 0 Å². The Hall–Kier alpha value is 3.37. The molecule has 0 spiro atoms. The molecule has 0 amide bonds. The van der Waals surface area contributed by atoms with Gasteiger partial charge in [-0.05, 0) is 19.6 Å². The van der Waals surface area contributed by atoms with Crippen LogP contribution in [0.5, 0.6) is 0 Å². The Morgan fingerprint density at radius 1 is 0.750 bits per heavy atom. The molecule has 0 aromatic heterocycles. The van der Waals surface area contributed by atoms with Gasteiger partial charge in [-0.1, -0.05) is 0 Å². The zero-order valence-electron chi connectivity index (χ0n) is 10.4. The molecular weight excluding hydrogens is 301 g/mol. The number of hydrogen-bond acceptors (Lipinski definition) is 7. The van der Waals surface area contributed by atoms with Crippen LogP contribution in [0.3, 0.4) is 0 Å². The van der Waals surface area contributed by atoms with Crippen molar-refractivity contribution in [3.63, 3.8) is 0 Å². The van der Waals surface area contributed by atoms with E-state index in [0.717, 1.165) is 19.6 Å². The maximum atomic E-state index is 11.2. The summed E-state index contributed by atoms with van der Waals surface area (Å²) in [6.07, 6.45) is 0. The molecule has 0 heterocycles. The Morgan fingerprint density at radius 2 is 0.938 bits per heavy atom. The minimum absolute atomic E-state index is 0. The SMILES string of the molecule is C[Si]([O-])(O)O[Si](C)([O-])O[Si](C)([O-])O.[Na+].[Na+].[Na+]. The Labute approximate surface area is 164 Å². The molecule has 0 rings (SSSR count). The Bertz CT molecular complexity index is 162. The van der Waals surface area contributed by atoms with Crippen molar-refractivity contribution in [2.45, 2.75) is 19.6 Å². The second kappa shape index (κ2) is 10.1. The third-order valence-corrected chi connectivity index (χ3v) is 6.75. The first-order chi connectivity index (χ1) is 5.41. The van der Waals surface area contributed by atoms with Crippen molar-refractivity contribution in [1.29, 1.82) is 0 Å². The summed E-state index contributed by atoms with van der Waals surface area (Å²) in [5.74, 6) is 0. The van der Waals surface area contributed by atoms with Crippen LogP contribution in [0.4, 0.5) is 0 Å². The minimum Gasteiger partial charge on any atom is -0.818 e. The largest absolute Gasteiger partial charge is 1.00 e. The third kappa shape index (κ3) is 19.7. The van der Waals surface area contributed by atoms with Gasteiger partial charge in [0.05, 0.1) is 0 Å². The van der Waals surface area contributed by atoms with E-state index in [1.165, 1.54) is 0 Å². The summed E-state index contributed by atoms with van der Waals surface area (Å²) in [4.78, 5) is 49.9. The fourth-order valence-corrected chi connectivity index (χ4v) is 6.75. The van der Waals surface area contributed by atoms with Gasteiger partial charge in [-0.15, -0.1) is 0 Å². The average molecular weight is 312 g/mol. The molecule has 0 aromatic carbocycles. The van der Waals surface area contributed by atoms with Crippen LogP contribution in [0, 0.1) is 0 Å². The van der Waals surface area contributed by atoms with Crippen LogP contribution in [-0.2, 0) is 8.23 Å². The van der Waals surface area contributed by atoms with Gasteiger partial charge in [-0.3, -0.25) is 0 Å². The van der Waals surface area contributed by atoms with Crippen molar-refractivity contribution in [3.05, 3.63) is 0 Å². The molecule has 2 atom stereocenters. The predicted octanol–water partition coefficient (Wildman–Crippen LogP) is -13.2. The Balaban J connectivity index is -0.000000240. The standard InChI is InChI=1S/C3H11O7Si3.3Na/c1-11(4,5)9-13(3,8)10-12(2,6)7;;;/h4,6H,1-3H3;;;/q-3;3*+1. The second-order valence-electron chi connectivity index (χ2n) is 2.86. The molecule has 13 heteroatoms. The number of hydrogen-bond donors (Lipinski definition) is 2. The minimum atomic E-state index is -4.25. The van der Waals surface area contributed by atoms with Crippen LogP contribution in [-0.4, -0.2) is 36.0 Å². The van der Waals surface area contributed by atoms with Gasteiger partial charge in [0, 0.05) is 0 Å². The van der Waals surface area contributed by atoms with Crippen LogP contribution in [0.1, 0.15) is 0 Å². The fourth-order valence-electron chi connectivity index (χ4n) is 0.709. The second-order valence-corrected chi connectivity index (χ2v) is 9.81. The van der Waals surface area contributed by atoms with E-state index >= 15 is 0 Å². The molecule has 0 saturated heterocycles. The molecule has 0 aliphatic carbocycles. The maximum Gasteiger partial charge on any atom is 1.00 e. The molecule has 2 N–H and O–H groups in total.